The Balaban J connectivity index is 4.84. The van der Waals surface area contributed by atoms with E-state index >= 15 is 0 Å². The molecule has 0 saturated carbocycles. The van der Waals surface area contributed by atoms with E-state index in [4.69, 9.17) is 14.2 Å². The molecule has 0 N–H and O–H groups in total. The van der Waals surface area contributed by atoms with Gasteiger partial charge in [0.2, 0.25) is 0 Å². The minimum absolute atomic E-state index is 0.119. The first-order chi connectivity index (χ1) is 7.46. The minimum atomic E-state index is -1.35. The number of carbonyl (C=O) groups excluding carboxylic acids is 1. The highest BCUT2D eigenvalue weighted by molar-refractivity contribution is 5.77. The van der Waals surface area contributed by atoms with Crippen molar-refractivity contribution < 1.29 is 19.0 Å². The van der Waals surface area contributed by atoms with Crippen LogP contribution in [-0.2, 0) is 19.0 Å². The predicted octanol–water partition coefficient (Wildman–Crippen LogP) is 2.89. The zero-order valence-electron chi connectivity index (χ0n) is 12.3. The molecule has 0 amide bonds. The smallest absolute Gasteiger partial charge is 0.367 e. The molecule has 0 fully saturated rings. The van der Waals surface area contributed by atoms with Crippen LogP contribution in [0.4, 0.5) is 0 Å². The standard InChI is InChI=1S/C13H26O4/c1-9(2)15-13(8,16-10(3)4)11(14)17-12(5,6)7/h9-10H,1-8H3. The third-order valence-electron chi connectivity index (χ3n) is 1.69. The summed E-state index contributed by atoms with van der Waals surface area (Å²) in [6.07, 6.45) is -0.238. The van der Waals surface area contributed by atoms with Crippen LogP contribution in [0.2, 0.25) is 0 Å². The number of carbonyl (C=O) groups is 1. The Kier molecular flexibility index (Phi) is 5.62. The molecule has 0 heterocycles. The molecule has 17 heavy (non-hydrogen) atoms. The molecule has 4 nitrogen and oxygen atoms in total. The zero-order chi connectivity index (χ0) is 13.9. The molecule has 0 aromatic rings. The second kappa shape index (κ2) is 5.83. The van der Waals surface area contributed by atoms with Gasteiger partial charge in [0.1, 0.15) is 5.60 Å². The first kappa shape index (κ1) is 16.4. The van der Waals surface area contributed by atoms with Gasteiger partial charge in [0.25, 0.3) is 5.79 Å². The first-order valence-electron chi connectivity index (χ1n) is 6.05. The highest BCUT2D eigenvalue weighted by Gasteiger charge is 2.41. The van der Waals surface area contributed by atoms with Crippen LogP contribution in [0.25, 0.3) is 0 Å². The fraction of sp³-hybridized carbons (Fsp3) is 0.923. The summed E-state index contributed by atoms with van der Waals surface area (Å²) in [5.41, 5.74) is -0.557. The first-order valence-corrected chi connectivity index (χ1v) is 6.05. The monoisotopic (exact) mass is 246 g/mol. The number of esters is 1. The van der Waals surface area contributed by atoms with Gasteiger partial charge >= 0.3 is 5.97 Å². The molecule has 0 spiro atoms. The van der Waals surface area contributed by atoms with Gasteiger partial charge in [-0.1, -0.05) is 0 Å². The van der Waals surface area contributed by atoms with Crippen LogP contribution in [-0.4, -0.2) is 29.6 Å². The van der Waals surface area contributed by atoms with E-state index in [2.05, 4.69) is 0 Å². The van der Waals surface area contributed by atoms with Gasteiger partial charge in [0.15, 0.2) is 0 Å². The van der Waals surface area contributed by atoms with Gasteiger partial charge in [-0.3, -0.25) is 0 Å². The maximum atomic E-state index is 12.1. The Morgan fingerprint density at radius 3 is 1.47 bits per heavy atom. The van der Waals surface area contributed by atoms with E-state index in [0.717, 1.165) is 0 Å². The van der Waals surface area contributed by atoms with E-state index in [9.17, 15) is 4.79 Å². The molecule has 0 saturated heterocycles. The van der Waals surface area contributed by atoms with Gasteiger partial charge < -0.3 is 14.2 Å². The molecule has 0 rings (SSSR count). The van der Waals surface area contributed by atoms with Crippen molar-refractivity contribution in [2.75, 3.05) is 0 Å². The second-order valence-corrected chi connectivity index (χ2v) is 5.78. The lowest BCUT2D eigenvalue weighted by atomic mass is 10.2. The van der Waals surface area contributed by atoms with Gasteiger partial charge in [-0.15, -0.1) is 0 Å². The van der Waals surface area contributed by atoms with E-state index < -0.39 is 17.4 Å². The molecule has 0 aromatic carbocycles. The third-order valence-corrected chi connectivity index (χ3v) is 1.69. The minimum Gasteiger partial charge on any atom is -0.456 e. The van der Waals surface area contributed by atoms with Crippen LogP contribution < -0.4 is 0 Å². The van der Waals surface area contributed by atoms with Gasteiger partial charge in [0.05, 0.1) is 12.2 Å². The average Bonchev–Trinajstić information content (AvgIpc) is 1.96. The fourth-order valence-electron chi connectivity index (χ4n) is 1.39. The molecule has 0 aromatic heterocycles. The molecule has 0 aliphatic rings. The van der Waals surface area contributed by atoms with Crippen LogP contribution in [0.15, 0.2) is 0 Å². The molecule has 4 heteroatoms. The van der Waals surface area contributed by atoms with Crippen LogP contribution in [0.1, 0.15) is 55.4 Å². The number of ether oxygens (including phenoxy) is 3. The van der Waals surface area contributed by atoms with Gasteiger partial charge in [-0.25, -0.2) is 4.79 Å². The summed E-state index contributed by atoms with van der Waals surface area (Å²) in [5.74, 6) is -1.84. The topological polar surface area (TPSA) is 44.8 Å². The maximum absolute atomic E-state index is 12.1. The SMILES string of the molecule is CC(C)OC(C)(OC(C)C)C(=O)OC(C)(C)C. The molecule has 0 atom stereocenters. The Hall–Kier alpha value is -0.610. The summed E-state index contributed by atoms with van der Waals surface area (Å²) >= 11 is 0. The lowest BCUT2D eigenvalue weighted by Gasteiger charge is -2.33. The Bertz CT molecular complexity index is 241. The quantitative estimate of drug-likeness (QED) is 0.552. The van der Waals surface area contributed by atoms with E-state index in [-0.39, 0.29) is 12.2 Å². The summed E-state index contributed by atoms with van der Waals surface area (Å²) in [6.45, 7) is 14.5. The molecule has 0 bridgehead atoms. The van der Waals surface area contributed by atoms with Crippen LogP contribution in [0.3, 0.4) is 0 Å². The van der Waals surface area contributed by atoms with Crippen molar-refractivity contribution in [3.63, 3.8) is 0 Å². The summed E-state index contributed by atoms with van der Waals surface area (Å²) in [7, 11) is 0. The molecular formula is C13H26O4. The summed E-state index contributed by atoms with van der Waals surface area (Å²) < 4.78 is 16.4. The maximum Gasteiger partial charge on any atom is 0.367 e. The van der Waals surface area contributed by atoms with Gasteiger partial charge in [-0.05, 0) is 48.5 Å². The molecule has 0 aliphatic heterocycles. The van der Waals surface area contributed by atoms with E-state index in [1.807, 2.05) is 48.5 Å². The van der Waals surface area contributed by atoms with Gasteiger partial charge in [-0.2, -0.15) is 0 Å². The molecule has 0 aliphatic carbocycles. The summed E-state index contributed by atoms with van der Waals surface area (Å²) in [5, 5.41) is 0. The second-order valence-electron chi connectivity index (χ2n) is 5.78. The highest BCUT2D eigenvalue weighted by atomic mass is 16.7. The summed E-state index contributed by atoms with van der Waals surface area (Å²) in [4.78, 5) is 12.1. The van der Waals surface area contributed by atoms with Crippen LogP contribution in [0.5, 0.6) is 0 Å². The molecule has 102 valence electrons. The molecule has 0 radical (unpaired) electrons. The number of hydrogen-bond acceptors (Lipinski definition) is 4. The highest BCUT2D eigenvalue weighted by Crippen LogP contribution is 2.22. The molecule has 0 unspecified atom stereocenters. The van der Waals surface area contributed by atoms with E-state index in [1.165, 1.54) is 0 Å². The molecular weight excluding hydrogens is 220 g/mol. The van der Waals surface area contributed by atoms with Crippen molar-refractivity contribution in [2.45, 2.75) is 79.0 Å². The number of rotatable bonds is 5. The lowest BCUT2D eigenvalue weighted by Crippen LogP contribution is -2.48. The fourth-order valence-corrected chi connectivity index (χ4v) is 1.39. The third kappa shape index (κ3) is 6.64. The Labute approximate surface area is 105 Å². The summed E-state index contributed by atoms with van der Waals surface area (Å²) in [6, 6.07) is 0. The Morgan fingerprint density at radius 2 is 1.24 bits per heavy atom. The van der Waals surface area contributed by atoms with Crippen LogP contribution in [0, 0.1) is 0 Å². The van der Waals surface area contributed by atoms with Crippen molar-refractivity contribution >= 4 is 5.97 Å². The van der Waals surface area contributed by atoms with Crippen molar-refractivity contribution in [2.24, 2.45) is 0 Å². The van der Waals surface area contributed by atoms with Gasteiger partial charge in [0, 0.05) is 6.92 Å². The zero-order valence-corrected chi connectivity index (χ0v) is 12.3. The van der Waals surface area contributed by atoms with Crippen molar-refractivity contribution in [1.82, 2.24) is 0 Å². The number of hydrogen-bond donors (Lipinski definition) is 0. The van der Waals surface area contributed by atoms with E-state index in [1.54, 1.807) is 6.92 Å². The van der Waals surface area contributed by atoms with Crippen molar-refractivity contribution in [3.8, 4) is 0 Å². The van der Waals surface area contributed by atoms with Crippen molar-refractivity contribution in [1.29, 1.82) is 0 Å². The normalized spacial score (nSPS) is 13.3. The van der Waals surface area contributed by atoms with Crippen LogP contribution >= 0.6 is 0 Å². The largest absolute Gasteiger partial charge is 0.456 e. The van der Waals surface area contributed by atoms with E-state index in [0.29, 0.717) is 0 Å². The van der Waals surface area contributed by atoms with Crippen molar-refractivity contribution in [3.05, 3.63) is 0 Å². The Morgan fingerprint density at radius 1 is 0.882 bits per heavy atom. The predicted molar refractivity (Wildman–Crippen MR) is 66.7 cm³/mol. The average molecular weight is 246 g/mol. The lowest BCUT2D eigenvalue weighted by molar-refractivity contribution is -0.268.